The number of thiazole rings is 1. The van der Waals surface area contributed by atoms with Crippen molar-refractivity contribution in [3.63, 3.8) is 0 Å². The first-order chi connectivity index (χ1) is 22.0. The van der Waals surface area contributed by atoms with Crippen molar-refractivity contribution in [2.75, 3.05) is 44.3 Å². The van der Waals surface area contributed by atoms with Gasteiger partial charge in [0.15, 0.2) is 10.8 Å². The number of anilines is 3. The van der Waals surface area contributed by atoms with E-state index in [1.807, 2.05) is 12.1 Å². The van der Waals surface area contributed by atoms with Gasteiger partial charge in [-0.3, -0.25) is 4.90 Å². The molecule has 0 spiro atoms. The molecule has 0 atom stereocenters. The van der Waals surface area contributed by atoms with Gasteiger partial charge in [-0.25, -0.2) is 19.6 Å². The van der Waals surface area contributed by atoms with Gasteiger partial charge < -0.3 is 21.7 Å². The van der Waals surface area contributed by atoms with Crippen LogP contribution in [0, 0.1) is 0 Å². The fourth-order valence-electron chi connectivity index (χ4n) is 6.86. The van der Waals surface area contributed by atoms with Crippen LogP contribution in [0.4, 0.5) is 16.6 Å². The van der Waals surface area contributed by atoms with E-state index in [-0.39, 0.29) is 0 Å². The van der Waals surface area contributed by atoms with E-state index in [0.29, 0.717) is 24.4 Å². The minimum absolute atomic E-state index is 0.303. The number of likely N-dealkylation sites (N-methyl/N-ethyl adjacent to an activating group) is 1. The molecule has 4 heterocycles. The Balaban J connectivity index is 1.10. The fourth-order valence-corrected chi connectivity index (χ4v) is 7.80. The lowest BCUT2D eigenvalue weighted by atomic mass is 9.90. The number of piperazine rings is 1. The lowest BCUT2D eigenvalue weighted by molar-refractivity contribution is 0.0815. The number of nitrogen functional groups attached to an aromatic ring is 1. The molecule has 1 saturated heterocycles. The van der Waals surface area contributed by atoms with Crippen LogP contribution in [0.2, 0.25) is 0 Å². The molecule has 0 bridgehead atoms. The van der Waals surface area contributed by atoms with Crippen molar-refractivity contribution >= 4 is 39.0 Å². The van der Waals surface area contributed by atoms with Crippen LogP contribution in [0.5, 0.6) is 0 Å². The molecule has 1 saturated carbocycles. The Morgan fingerprint density at radius 2 is 1.67 bits per heavy atom. The predicted octanol–water partition coefficient (Wildman–Crippen LogP) is 5.69. The van der Waals surface area contributed by atoms with E-state index in [1.54, 1.807) is 17.7 Å². The highest BCUT2D eigenvalue weighted by Crippen LogP contribution is 2.38. The molecule has 5 aromatic rings. The molecule has 2 fully saturated rings. The predicted molar refractivity (Wildman–Crippen MR) is 184 cm³/mol. The van der Waals surface area contributed by atoms with Gasteiger partial charge in [0.05, 0.1) is 17.1 Å². The van der Waals surface area contributed by atoms with Crippen molar-refractivity contribution in [2.45, 2.75) is 57.7 Å². The van der Waals surface area contributed by atoms with Gasteiger partial charge >= 0.3 is 0 Å². The van der Waals surface area contributed by atoms with Crippen LogP contribution in [0.1, 0.15) is 49.1 Å². The maximum Gasteiger partial charge on any atom is 0.187 e. The van der Waals surface area contributed by atoms with Crippen molar-refractivity contribution in [1.82, 2.24) is 34.5 Å². The highest BCUT2D eigenvalue weighted by atomic mass is 32.1. The van der Waals surface area contributed by atoms with Crippen LogP contribution in [0.3, 0.4) is 0 Å². The van der Waals surface area contributed by atoms with Crippen LogP contribution in [-0.2, 0) is 13.0 Å². The maximum absolute atomic E-state index is 6.45. The van der Waals surface area contributed by atoms with E-state index in [0.717, 1.165) is 82.3 Å². The Bertz CT molecular complexity index is 1760. The zero-order valence-corrected chi connectivity index (χ0v) is 26.9. The standard InChI is InChI=1S/C34H42N10S/c1-3-28-30(24-6-4-5-22(19-24)20-35)40-34(45-28)39-25-9-7-23(8-10-25)31-29-32(36)37-21-38-33(29)44(41-31)27-13-11-26(12-14-27)43-17-15-42(2)16-18-43/h4-10,19,21,26-27H,3,11-18,20,35H2,1-2H3,(H,39,40)(H2,36,37,38)/t26-,27+. The van der Waals surface area contributed by atoms with Crippen LogP contribution in [-0.4, -0.2) is 73.8 Å². The van der Waals surface area contributed by atoms with E-state index in [2.05, 4.69) is 80.1 Å². The van der Waals surface area contributed by atoms with Crippen LogP contribution in [0.25, 0.3) is 33.5 Å². The average molecular weight is 623 g/mol. The number of hydrogen-bond donors (Lipinski definition) is 3. The summed E-state index contributed by atoms with van der Waals surface area (Å²) < 4.78 is 2.12. The summed E-state index contributed by atoms with van der Waals surface area (Å²) >= 11 is 1.69. The van der Waals surface area contributed by atoms with E-state index in [4.69, 9.17) is 21.5 Å². The van der Waals surface area contributed by atoms with Crippen molar-refractivity contribution in [3.8, 4) is 22.5 Å². The molecule has 0 radical (unpaired) electrons. The fraction of sp³-hybridized carbons (Fsp3) is 0.412. The van der Waals surface area contributed by atoms with Crippen LogP contribution < -0.4 is 16.8 Å². The van der Waals surface area contributed by atoms with E-state index in [9.17, 15) is 0 Å². The second-order valence-electron chi connectivity index (χ2n) is 12.3. The third-order valence-electron chi connectivity index (χ3n) is 9.45. The molecule has 1 aliphatic heterocycles. The molecule has 0 amide bonds. The first-order valence-electron chi connectivity index (χ1n) is 16.1. The van der Waals surface area contributed by atoms with Crippen molar-refractivity contribution < 1.29 is 0 Å². The highest BCUT2D eigenvalue weighted by molar-refractivity contribution is 7.16. The third kappa shape index (κ3) is 6.05. The Morgan fingerprint density at radius 3 is 2.40 bits per heavy atom. The summed E-state index contributed by atoms with van der Waals surface area (Å²) in [5.74, 6) is 0.468. The summed E-state index contributed by atoms with van der Waals surface area (Å²) in [4.78, 5) is 20.3. The molecule has 2 aliphatic rings. The highest BCUT2D eigenvalue weighted by Gasteiger charge is 2.30. The molecule has 3 aromatic heterocycles. The molecule has 11 heteroatoms. The van der Waals surface area contributed by atoms with Crippen molar-refractivity contribution in [2.24, 2.45) is 5.73 Å². The van der Waals surface area contributed by atoms with Gasteiger partial charge in [0.1, 0.15) is 17.8 Å². The molecular weight excluding hydrogens is 581 g/mol. The molecular formula is C34H42N10S. The normalized spacial score (nSPS) is 19.7. The van der Waals surface area contributed by atoms with Gasteiger partial charge in [0, 0.05) is 60.5 Å². The summed E-state index contributed by atoms with van der Waals surface area (Å²) in [5.41, 5.74) is 19.2. The zero-order chi connectivity index (χ0) is 30.9. The summed E-state index contributed by atoms with van der Waals surface area (Å²) in [5, 5.41) is 10.4. The largest absolute Gasteiger partial charge is 0.383 e. The number of aryl methyl sites for hydroxylation is 1. The molecule has 1 aliphatic carbocycles. The van der Waals surface area contributed by atoms with Crippen molar-refractivity contribution in [1.29, 1.82) is 0 Å². The maximum atomic E-state index is 6.45. The minimum Gasteiger partial charge on any atom is -0.383 e. The lowest BCUT2D eigenvalue weighted by Gasteiger charge is -2.41. The molecule has 234 valence electrons. The summed E-state index contributed by atoms with van der Waals surface area (Å²) in [7, 11) is 2.22. The van der Waals surface area contributed by atoms with E-state index >= 15 is 0 Å². The first kappa shape index (κ1) is 29.8. The van der Waals surface area contributed by atoms with Gasteiger partial charge in [-0.15, -0.1) is 11.3 Å². The van der Waals surface area contributed by atoms with Crippen LogP contribution in [0.15, 0.2) is 54.9 Å². The number of rotatable bonds is 8. The van der Waals surface area contributed by atoms with Gasteiger partial charge in [-0.05, 0) is 62.9 Å². The molecule has 5 N–H and O–H groups in total. The molecule has 10 nitrogen and oxygen atoms in total. The second-order valence-corrected chi connectivity index (χ2v) is 13.4. The van der Waals surface area contributed by atoms with Gasteiger partial charge in [0.2, 0.25) is 0 Å². The quantitative estimate of drug-likeness (QED) is 0.200. The topological polar surface area (TPSA) is 127 Å². The summed E-state index contributed by atoms with van der Waals surface area (Å²) in [6.07, 6.45) is 7.02. The Kier molecular flexibility index (Phi) is 8.50. The van der Waals surface area contributed by atoms with Crippen molar-refractivity contribution in [3.05, 3.63) is 65.3 Å². The van der Waals surface area contributed by atoms with Gasteiger partial charge in [0.25, 0.3) is 0 Å². The number of aromatic nitrogens is 5. The second kappa shape index (κ2) is 12.8. The molecule has 45 heavy (non-hydrogen) atoms. The Hall–Kier alpha value is -3.90. The number of nitrogens with one attached hydrogen (secondary N) is 1. The lowest BCUT2D eigenvalue weighted by Crippen LogP contribution is -2.49. The number of nitrogens with two attached hydrogens (primary N) is 2. The number of hydrogen-bond acceptors (Lipinski definition) is 10. The average Bonchev–Trinajstić information content (AvgIpc) is 3.68. The number of fused-ring (bicyclic) bond motifs is 1. The van der Waals surface area contributed by atoms with Gasteiger partial charge in [-0.1, -0.05) is 37.3 Å². The summed E-state index contributed by atoms with van der Waals surface area (Å²) in [6.45, 7) is 7.33. The minimum atomic E-state index is 0.303. The van der Waals surface area contributed by atoms with Gasteiger partial charge in [-0.2, -0.15) is 5.10 Å². The SMILES string of the molecule is CCc1sc(Nc2ccc(-c3nn([C@H]4CC[C@@H](N5CCN(C)CC5)CC4)c4ncnc(N)c34)cc2)nc1-c1cccc(CN)c1. The molecule has 0 unspecified atom stereocenters. The monoisotopic (exact) mass is 622 g/mol. The van der Waals surface area contributed by atoms with Crippen LogP contribution >= 0.6 is 11.3 Å². The smallest absolute Gasteiger partial charge is 0.187 e. The first-order valence-corrected chi connectivity index (χ1v) is 16.9. The Morgan fingerprint density at radius 1 is 0.911 bits per heavy atom. The zero-order valence-electron chi connectivity index (χ0n) is 26.1. The number of nitrogens with zero attached hydrogens (tertiary/aromatic N) is 7. The number of benzene rings is 2. The molecule has 2 aromatic carbocycles. The third-order valence-corrected chi connectivity index (χ3v) is 10.6. The Labute approximate surface area is 268 Å². The van der Waals surface area contributed by atoms with E-state index in [1.165, 1.54) is 30.8 Å². The van der Waals surface area contributed by atoms with E-state index < -0.39 is 0 Å². The molecule has 7 rings (SSSR count). The summed E-state index contributed by atoms with van der Waals surface area (Å²) in [6, 6.07) is 17.6.